The smallest absolute Gasteiger partial charge is 0.263 e. The van der Waals surface area contributed by atoms with E-state index >= 15 is 0 Å². The number of nitrogens with zero attached hydrogens (tertiary/aromatic N) is 1. The fourth-order valence-electron chi connectivity index (χ4n) is 3.13. The summed E-state index contributed by atoms with van der Waals surface area (Å²) in [4.78, 5) is 20.0. The number of carbonyl (C=O) groups excluding carboxylic acids is 1. The lowest BCUT2D eigenvalue weighted by Gasteiger charge is -2.13. The third-order valence-electron chi connectivity index (χ3n) is 4.69. The summed E-state index contributed by atoms with van der Waals surface area (Å²) in [6.45, 7) is 0.150. The van der Waals surface area contributed by atoms with Gasteiger partial charge in [0.15, 0.2) is 0 Å². The molecular formula is C22H19ClN4O4S. The second kappa shape index (κ2) is 8.89. The van der Waals surface area contributed by atoms with E-state index in [-0.39, 0.29) is 27.7 Å². The highest BCUT2D eigenvalue weighted by Crippen LogP contribution is 2.29. The topological polar surface area (TPSA) is 113 Å². The van der Waals surface area contributed by atoms with Crippen molar-refractivity contribution >= 4 is 44.3 Å². The van der Waals surface area contributed by atoms with Crippen LogP contribution in [0.15, 0.2) is 71.6 Å². The van der Waals surface area contributed by atoms with Crippen molar-refractivity contribution in [2.24, 2.45) is 0 Å². The van der Waals surface area contributed by atoms with Crippen LogP contribution in [-0.2, 0) is 16.6 Å². The van der Waals surface area contributed by atoms with Gasteiger partial charge in [0, 0.05) is 5.56 Å². The predicted octanol–water partition coefficient (Wildman–Crippen LogP) is 3.96. The number of halogens is 1. The summed E-state index contributed by atoms with van der Waals surface area (Å²) in [5.41, 5.74) is 2.05. The SMILES string of the molecule is COc1ccccc1NS(=O)(=O)c1cc(C(=O)NCc2nc3ccccc3[nH]2)ccc1Cl. The first-order valence-corrected chi connectivity index (χ1v) is 11.4. The van der Waals surface area contributed by atoms with Crippen molar-refractivity contribution in [3.63, 3.8) is 0 Å². The summed E-state index contributed by atoms with van der Waals surface area (Å²) < 4.78 is 33.5. The van der Waals surface area contributed by atoms with Crippen LogP contribution in [0, 0.1) is 0 Å². The van der Waals surface area contributed by atoms with Gasteiger partial charge in [-0.05, 0) is 42.5 Å². The molecule has 1 heterocycles. The van der Waals surface area contributed by atoms with Gasteiger partial charge in [-0.15, -0.1) is 0 Å². The minimum atomic E-state index is -4.08. The maximum absolute atomic E-state index is 12.9. The van der Waals surface area contributed by atoms with Gasteiger partial charge in [0.1, 0.15) is 16.5 Å². The number of fused-ring (bicyclic) bond motifs is 1. The van der Waals surface area contributed by atoms with Gasteiger partial charge in [-0.25, -0.2) is 13.4 Å². The average Bonchev–Trinajstić information content (AvgIpc) is 3.21. The summed E-state index contributed by atoms with van der Waals surface area (Å²) in [5.74, 6) is 0.474. The van der Waals surface area contributed by atoms with Crippen molar-refractivity contribution in [3.8, 4) is 5.75 Å². The molecule has 0 unspecified atom stereocenters. The molecule has 0 bridgehead atoms. The molecule has 10 heteroatoms. The van der Waals surface area contributed by atoms with E-state index in [4.69, 9.17) is 16.3 Å². The van der Waals surface area contributed by atoms with Crippen molar-refractivity contribution in [2.45, 2.75) is 11.4 Å². The Balaban J connectivity index is 1.54. The molecule has 8 nitrogen and oxygen atoms in total. The average molecular weight is 471 g/mol. The number of H-pyrrole nitrogens is 1. The minimum Gasteiger partial charge on any atom is -0.495 e. The third-order valence-corrected chi connectivity index (χ3v) is 6.54. The monoisotopic (exact) mass is 470 g/mol. The molecule has 1 aromatic heterocycles. The van der Waals surface area contributed by atoms with Gasteiger partial charge in [-0.1, -0.05) is 35.9 Å². The first-order valence-electron chi connectivity index (χ1n) is 9.54. The number of para-hydroxylation sites is 4. The lowest BCUT2D eigenvalue weighted by Crippen LogP contribution is -2.24. The number of carbonyl (C=O) groups is 1. The number of aromatic amines is 1. The highest BCUT2D eigenvalue weighted by Gasteiger charge is 2.22. The zero-order chi connectivity index (χ0) is 22.7. The van der Waals surface area contributed by atoms with Crippen LogP contribution in [0.25, 0.3) is 11.0 Å². The molecule has 0 saturated carbocycles. The third kappa shape index (κ3) is 4.53. The largest absolute Gasteiger partial charge is 0.495 e. The van der Waals surface area contributed by atoms with E-state index in [1.54, 1.807) is 24.3 Å². The van der Waals surface area contributed by atoms with E-state index in [9.17, 15) is 13.2 Å². The highest BCUT2D eigenvalue weighted by molar-refractivity contribution is 7.92. The van der Waals surface area contributed by atoms with Gasteiger partial charge < -0.3 is 15.0 Å². The standard InChI is InChI=1S/C22H19ClN4O4S/c1-31-19-9-5-4-8-18(19)27-32(29,30)20-12-14(10-11-15(20)23)22(28)24-13-21-25-16-6-2-3-7-17(16)26-21/h2-12,27H,13H2,1H3,(H,24,28)(H,25,26). The molecule has 4 rings (SSSR count). The van der Waals surface area contributed by atoms with Crippen molar-refractivity contribution in [3.05, 3.63) is 83.1 Å². The summed E-state index contributed by atoms with van der Waals surface area (Å²) in [7, 11) is -2.64. The molecule has 3 aromatic carbocycles. The van der Waals surface area contributed by atoms with E-state index in [1.807, 2.05) is 24.3 Å². The van der Waals surface area contributed by atoms with Gasteiger partial charge in [-0.3, -0.25) is 9.52 Å². The predicted molar refractivity (Wildman–Crippen MR) is 123 cm³/mol. The number of amides is 1. The number of sulfonamides is 1. The normalized spacial score (nSPS) is 11.3. The first-order chi connectivity index (χ1) is 15.4. The summed E-state index contributed by atoms with van der Waals surface area (Å²) in [5, 5.41) is 2.72. The Labute approximate surface area is 189 Å². The lowest BCUT2D eigenvalue weighted by atomic mass is 10.2. The van der Waals surface area contributed by atoms with Crippen LogP contribution in [0.5, 0.6) is 5.75 Å². The zero-order valence-corrected chi connectivity index (χ0v) is 18.5. The van der Waals surface area contributed by atoms with Gasteiger partial charge in [0.05, 0.1) is 35.4 Å². The molecule has 1 amide bonds. The Hall–Kier alpha value is -3.56. The van der Waals surface area contributed by atoms with Crippen LogP contribution in [0.2, 0.25) is 5.02 Å². The number of hydrogen-bond donors (Lipinski definition) is 3. The number of ether oxygens (including phenoxy) is 1. The number of hydrogen-bond acceptors (Lipinski definition) is 5. The number of imidazole rings is 1. The lowest BCUT2D eigenvalue weighted by molar-refractivity contribution is 0.0949. The van der Waals surface area contributed by atoms with E-state index < -0.39 is 15.9 Å². The van der Waals surface area contributed by atoms with Crippen LogP contribution in [0.1, 0.15) is 16.2 Å². The number of benzene rings is 3. The molecule has 0 aliphatic carbocycles. The van der Waals surface area contributed by atoms with Crippen LogP contribution in [0.3, 0.4) is 0 Å². The molecule has 32 heavy (non-hydrogen) atoms. The number of rotatable bonds is 7. The van der Waals surface area contributed by atoms with Crippen molar-refractivity contribution in [1.82, 2.24) is 15.3 Å². The number of aromatic nitrogens is 2. The van der Waals surface area contributed by atoms with Crippen molar-refractivity contribution in [1.29, 1.82) is 0 Å². The van der Waals surface area contributed by atoms with E-state index in [0.29, 0.717) is 11.6 Å². The Bertz CT molecular complexity index is 1370. The highest BCUT2D eigenvalue weighted by atomic mass is 35.5. The van der Waals surface area contributed by atoms with Crippen LogP contribution in [0.4, 0.5) is 5.69 Å². The fourth-order valence-corrected chi connectivity index (χ4v) is 4.73. The van der Waals surface area contributed by atoms with Crippen LogP contribution in [-0.4, -0.2) is 31.4 Å². The van der Waals surface area contributed by atoms with Crippen LogP contribution < -0.4 is 14.8 Å². The molecule has 3 N–H and O–H groups in total. The molecule has 0 radical (unpaired) electrons. The minimum absolute atomic E-state index is 0.0127. The second-order valence-electron chi connectivity index (χ2n) is 6.83. The van der Waals surface area contributed by atoms with Gasteiger partial charge >= 0.3 is 0 Å². The zero-order valence-electron chi connectivity index (χ0n) is 16.9. The molecule has 0 atom stereocenters. The molecule has 0 fully saturated rings. The Morgan fingerprint density at radius 2 is 1.84 bits per heavy atom. The molecule has 0 aliphatic rings. The van der Waals surface area contributed by atoms with E-state index in [2.05, 4.69) is 20.0 Å². The second-order valence-corrected chi connectivity index (χ2v) is 8.89. The Morgan fingerprint density at radius 3 is 2.62 bits per heavy atom. The van der Waals surface area contributed by atoms with Gasteiger partial charge in [-0.2, -0.15) is 0 Å². The van der Waals surface area contributed by atoms with Gasteiger partial charge in [0.25, 0.3) is 15.9 Å². The van der Waals surface area contributed by atoms with Gasteiger partial charge in [0.2, 0.25) is 0 Å². The summed E-state index contributed by atoms with van der Waals surface area (Å²) in [6, 6.07) is 18.1. The van der Waals surface area contributed by atoms with Crippen molar-refractivity contribution in [2.75, 3.05) is 11.8 Å². The maximum Gasteiger partial charge on any atom is 0.263 e. The van der Waals surface area contributed by atoms with E-state index in [0.717, 1.165) is 11.0 Å². The van der Waals surface area contributed by atoms with Crippen LogP contribution >= 0.6 is 11.6 Å². The first kappa shape index (κ1) is 21.7. The number of methoxy groups -OCH3 is 1. The molecule has 164 valence electrons. The summed E-state index contributed by atoms with van der Waals surface area (Å²) >= 11 is 6.15. The van der Waals surface area contributed by atoms with Crippen molar-refractivity contribution < 1.29 is 17.9 Å². The van der Waals surface area contributed by atoms with E-state index in [1.165, 1.54) is 25.3 Å². The molecule has 0 saturated heterocycles. The molecule has 4 aromatic rings. The molecule has 0 spiro atoms. The Kier molecular flexibility index (Phi) is 6.02. The summed E-state index contributed by atoms with van der Waals surface area (Å²) in [6.07, 6.45) is 0. The number of anilines is 1. The Morgan fingerprint density at radius 1 is 1.09 bits per heavy atom. The molecular weight excluding hydrogens is 452 g/mol. The quantitative estimate of drug-likeness (QED) is 0.378. The number of nitrogens with one attached hydrogen (secondary N) is 3. The molecule has 0 aliphatic heterocycles. The maximum atomic E-state index is 12.9. The fraction of sp³-hybridized carbons (Fsp3) is 0.0909.